The Morgan fingerprint density at radius 3 is 1.67 bits per heavy atom. The molecule has 4 heterocycles. The van der Waals surface area contributed by atoms with Crippen molar-refractivity contribution < 1.29 is 23.8 Å². The summed E-state index contributed by atoms with van der Waals surface area (Å²) < 4.78 is 21.1. The van der Waals surface area contributed by atoms with Gasteiger partial charge in [0, 0.05) is 23.7 Å². The number of ether oxygens (including phenoxy) is 3. The number of hydrogen-bond donors (Lipinski definition) is 0. The first-order chi connectivity index (χ1) is 18.9. The van der Waals surface area contributed by atoms with E-state index in [0.717, 1.165) is 36.8 Å². The predicted molar refractivity (Wildman–Crippen MR) is 136 cm³/mol. The van der Waals surface area contributed by atoms with E-state index in [2.05, 4.69) is 0 Å². The van der Waals surface area contributed by atoms with E-state index in [1.165, 1.54) is 14.2 Å². The molecular weight excluding hydrogens is 500 g/mol. The Hall–Kier alpha value is -3.20. The molecule has 9 heteroatoms. The van der Waals surface area contributed by atoms with Gasteiger partial charge >= 0.3 is 11.9 Å². The molecule has 3 aliphatic heterocycles. The van der Waals surface area contributed by atoms with Crippen molar-refractivity contribution in [1.82, 2.24) is 9.36 Å². The van der Waals surface area contributed by atoms with Gasteiger partial charge in [-0.2, -0.15) is 0 Å². The van der Waals surface area contributed by atoms with E-state index in [-0.39, 0.29) is 58.6 Å². The summed E-state index contributed by atoms with van der Waals surface area (Å²) in [7, 11) is 2.83. The third-order valence-corrected chi connectivity index (χ3v) is 12.1. The Morgan fingerprint density at radius 2 is 1.23 bits per heavy atom. The van der Waals surface area contributed by atoms with Gasteiger partial charge in [-0.1, -0.05) is 12.1 Å². The van der Waals surface area contributed by atoms with Crippen LogP contribution in [-0.4, -0.2) is 46.7 Å². The normalized spacial score (nSPS) is 43.4. The van der Waals surface area contributed by atoms with Crippen molar-refractivity contribution in [2.75, 3.05) is 14.2 Å². The maximum absolute atomic E-state index is 13.9. The molecule has 4 aliphatic carbocycles. The van der Waals surface area contributed by atoms with Crippen LogP contribution in [0.2, 0.25) is 0 Å². The van der Waals surface area contributed by atoms with Crippen LogP contribution in [0.15, 0.2) is 45.0 Å². The van der Waals surface area contributed by atoms with E-state index in [4.69, 9.17) is 14.2 Å². The molecule has 2 aromatic rings. The molecule has 5 fully saturated rings. The van der Waals surface area contributed by atoms with E-state index >= 15 is 0 Å². The van der Waals surface area contributed by atoms with Crippen LogP contribution in [0.25, 0.3) is 10.8 Å². The topological polar surface area (TPSA) is 106 Å². The van der Waals surface area contributed by atoms with E-state index in [1.807, 2.05) is 0 Å². The molecule has 4 unspecified atom stereocenters. The number of esters is 2. The molecule has 0 spiro atoms. The molecule has 39 heavy (non-hydrogen) atoms. The van der Waals surface area contributed by atoms with Crippen LogP contribution >= 0.6 is 0 Å². The van der Waals surface area contributed by atoms with Crippen molar-refractivity contribution in [3.05, 3.63) is 56.1 Å². The highest BCUT2D eigenvalue weighted by Crippen LogP contribution is 2.80. The van der Waals surface area contributed by atoms with E-state index in [9.17, 15) is 19.2 Å². The molecule has 0 radical (unpaired) electrons. The van der Waals surface area contributed by atoms with Gasteiger partial charge in [-0.3, -0.25) is 9.59 Å². The number of rotatable bonds is 2. The Bertz CT molecular complexity index is 1570. The third-order valence-electron chi connectivity index (χ3n) is 12.1. The molecule has 0 amide bonds. The maximum Gasteiger partial charge on any atom is 0.338 e. The molecule has 202 valence electrons. The average Bonchev–Trinajstić information content (AvgIpc) is 3.80. The van der Waals surface area contributed by atoms with Crippen LogP contribution in [0.5, 0.6) is 0 Å². The zero-order chi connectivity index (χ0) is 26.6. The fourth-order valence-corrected chi connectivity index (χ4v) is 11.3. The molecule has 9 rings (SSSR count). The van der Waals surface area contributed by atoms with Crippen molar-refractivity contribution in [3.63, 3.8) is 0 Å². The summed E-state index contributed by atoms with van der Waals surface area (Å²) in [5, 5.41) is 0.847. The zero-order valence-electron chi connectivity index (χ0n) is 21.9. The van der Waals surface area contributed by atoms with Crippen molar-refractivity contribution in [1.29, 1.82) is 0 Å². The lowest BCUT2D eigenvalue weighted by atomic mass is 9.50. The molecule has 6 bridgehead atoms. The van der Waals surface area contributed by atoms with E-state index in [1.54, 1.807) is 33.6 Å². The summed E-state index contributed by atoms with van der Waals surface area (Å²) in [4.78, 5) is 54.8. The largest absolute Gasteiger partial charge is 0.467 e. The van der Waals surface area contributed by atoms with Gasteiger partial charge in [0.15, 0.2) is 11.2 Å². The first-order valence-electron chi connectivity index (χ1n) is 14.2. The Kier molecular flexibility index (Phi) is 4.01. The van der Waals surface area contributed by atoms with Gasteiger partial charge in [-0.05, 0) is 72.6 Å². The van der Waals surface area contributed by atoms with E-state index < -0.39 is 11.2 Å². The highest BCUT2D eigenvalue weighted by Gasteiger charge is 2.89. The van der Waals surface area contributed by atoms with Crippen molar-refractivity contribution in [2.45, 2.75) is 50.0 Å². The lowest BCUT2D eigenvalue weighted by molar-refractivity contribution is -0.187. The quantitative estimate of drug-likeness (QED) is 0.431. The minimum Gasteiger partial charge on any atom is -0.467 e. The first-order valence-corrected chi connectivity index (χ1v) is 14.2. The maximum atomic E-state index is 13.9. The minimum atomic E-state index is -1.18. The van der Waals surface area contributed by atoms with Crippen LogP contribution in [0.1, 0.15) is 25.7 Å². The third kappa shape index (κ3) is 2.19. The summed E-state index contributed by atoms with van der Waals surface area (Å²) in [6.45, 7) is 0.641. The van der Waals surface area contributed by atoms with Gasteiger partial charge in [0.05, 0.1) is 38.1 Å². The molecule has 10 atom stereocenters. The SMILES string of the molecule is COC(=O)[C@@]12O[C@@](C(=O)OC)(C3C1[C@H]1CC[C@@H]3C1)C1C2[C@H]2C[C@@H]1C1=C2Cn2c(=O)c3ccccc3c(=O)n2C1. The highest BCUT2D eigenvalue weighted by molar-refractivity contribution is 5.90. The van der Waals surface area contributed by atoms with E-state index in [0.29, 0.717) is 35.7 Å². The fraction of sp³-hybridized carbons (Fsp3) is 0.600. The number of methoxy groups -OCH3 is 2. The Labute approximate surface area is 223 Å². The summed E-state index contributed by atoms with van der Waals surface area (Å²) in [5.41, 5.74) is -0.443. The molecule has 3 saturated carbocycles. The van der Waals surface area contributed by atoms with Crippen molar-refractivity contribution >= 4 is 22.7 Å². The first kappa shape index (κ1) is 22.6. The number of carbonyl (C=O) groups excluding carboxylic acids is 2. The number of aromatic nitrogens is 2. The molecule has 7 aliphatic rings. The second-order valence-electron chi connectivity index (χ2n) is 12.9. The monoisotopic (exact) mass is 530 g/mol. The number of allylic oxidation sites excluding steroid dienone is 2. The minimum absolute atomic E-state index is 0.0112. The van der Waals surface area contributed by atoms with Crippen molar-refractivity contribution in [2.24, 2.45) is 47.3 Å². The number of hydrogen-bond acceptors (Lipinski definition) is 7. The van der Waals surface area contributed by atoms with Gasteiger partial charge < -0.3 is 14.2 Å². The van der Waals surface area contributed by atoms with Gasteiger partial charge in [0.25, 0.3) is 11.1 Å². The Balaban J connectivity index is 1.25. The summed E-state index contributed by atoms with van der Waals surface area (Å²) in [5.74, 6) is -0.619. The molecule has 9 nitrogen and oxygen atoms in total. The van der Waals surface area contributed by atoms with Gasteiger partial charge in [-0.25, -0.2) is 19.0 Å². The van der Waals surface area contributed by atoms with Crippen LogP contribution < -0.4 is 11.1 Å². The van der Waals surface area contributed by atoms with Crippen LogP contribution in [0.4, 0.5) is 0 Å². The second-order valence-corrected chi connectivity index (χ2v) is 12.9. The molecular formula is C30H30N2O7. The van der Waals surface area contributed by atoms with Crippen LogP contribution in [0.3, 0.4) is 0 Å². The predicted octanol–water partition coefficient (Wildman–Crippen LogP) is 1.89. The standard InChI is InChI=1S/C30H30N2O7/c1-37-27(35)29-21-13-7-8-14(9-13)22(21)30(39-29,28(36)38-2)24-18-10-17(23(24)29)19-11-31-25(33)15-5-3-4-6-16(15)26(34)32(31)12-20(18)19/h3-6,13-14,17-18,21-24H,7-12H2,1-2H3/t13-,14+,17-,18+,21?,22?,23?,24?,29+,30-. The van der Waals surface area contributed by atoms with Crippen LogP contribution in [0, 0.1) is 47.3 Å². The lowest BCUT2D eigenvalue weighted by Crippen LogP contribution is -2.61. The number of benzene rings is 1. The van der Waals surface area contributed by atoms with Gasteiger partial charge in [0.2, 0.25) is 0 Å². The molecule has 1 aromatic carbocycles. The summed E-state index contributed by atoms with van der Waals surface area (Å²) in [6, 6.07) is 6.97. The molecule has 2 saturated heterocycles. The highest BCUT2D eigenvalue weighted by atomic mass is 16.6. The number of fused-ring (bicyclic) bond motifs is 20. The van der Waals surface area contributed by atoms with Gasteiger partial charge in [-0.15, -0.1) is 0 Å². The van der Waals surface area contributed by atoms with Crippen LogP contribution in [-0.2, 0) is 36.9 Å². The zero-order valence-corrected chi connectivity index (χ0v) is 21.9. The fourth-order valence-electron chi connectivity index (χ4n) is 11.3. The smallest absolute Gasteiger partial charge is 0.338 e. The number of carbonyl (C=O) groups is 2. The molecule has 1 aromatic heterocycles. The molecule has 0 N–H and O–H groups in total. The van der Waals surface area contributed by atoms with Crippen molar-refractivity contribution in [3.8, 4) is 0 Å². The average molecular weight is 531 g/mol. The summed E-state index contributed by atoms with van der Waals surface area (Å²) in [6.07, 6.45) is 3.90. The van der Waals surface area contributed by atoms with Gasteiger partial charge in [0.1, 0.15) is 0 Å². The summed E-state index contributed by atoms with van der Waals surface area (Å²) >= 11 is 0. The second kappa shape index (κ2) is 6.92. The lowest BCUT2D eigenvalue weighted by Gasteiger charge is -2.50. The Morgan fingerprint density at radius 1 is 0.769 bits per heavy atom. The number of nitrogens with zero attached hydrogens (tertiary/aromatic N) is 2.